The first-order valence-corrected chi connectivity index (χ1v) is 9.67. The first kappa shape index (κ1) is 18.4. The highest BCUT2D eigenvalue weighted by Crippen LogP contribution is 2.48. The quantitative estimate of drug-likeness (QED) is 0.581. The van der Waals surface area contributed by atoms with Crippen LogP contribution in [0.1, 0.15) is 23.5 Å². The van der Waals surface area contributed by atoms with Crippen LogP contribution in [0, 0.1) is 5.92 Å². The molecule has 1 saturated carbocycles. The van der Waals surface area contributed by atoms with Crippen molar-refractivity contribution in [3.05, 3.63) is 80.9 Å². The first-order valence-electron chi connectivity index (χ1n) is 8.54. The van der Waals surface area contributed by atoms with Gasteiger partial charge in [-0.2, -0.15) is 5.10 Å². The zero-order chi connectivity index (χ0) is 19.0. The molecule has 1 N–H and O–H groups in total. The minimum absolute atomic E-state index is 0.0383. The first-order chi connectivity index (χ1) is 13.0. The molecule has 1 amide bonds. The number of hydrogen-bond acceptors (Lipinski definition) is 2. The molecular formula is C20H16Cl3N3O. The number of halogens is 3. The Bertz CT molecular complexity index is 987. The molecule has 1 aromatic heterocycles. The van der Waals surface area contributed by atoms with Crippen molar-refractivity contribution >= 4 is 46.5 Å². The van der Waals surface area contributed by atoms with Crippen LogP contribution >= 0.6 is 34.8 Å². The third-order valence-corrected chi connectivity index (χ3v) is 5.66. The molecule has 0 bridgehead atoms. The number of anilines is 1. The number of aromatic nitrogens is 2. The van der Waals surface area contributed by atoms with E-state index in [1.165, 1.54) is 5.56 Å². The van der Waals surface area contributed by atoms with Crippen LogP contribution in [0.15, 0.2) is 54.7 Å². The lowest BCUT2D eigenvalue weighted by atomic mass is 10.1. The maximum absolute atomic E-state index is 12.5. The minimum Gasteiger partial charge on any atom is -0.308 e. The van der Waals surface area contributed by atoms with Gasteiger partial charge in [-0.3, -0.25) is 9.48 Å². The molecule has 2 atom stereocenters. The molecule has 0 radical (unpaired) electrons. The fraction of sp³-hybridized carbons (Fsp3) is 0.200. The van der Waals surface area contributed by atoms with E-state index in [0.29, 0.717) is 27.4 Å². The molecule has 4 rings (SSSR count). The van der Waals surface area contributed by atoms with Crippen molar-refractivity contribution in [2.45, 2.75) is 18.9 Å². The topological polar surface area (TPSA) is 46.9 Å². The van der Waals surface area contributed by atoms with Crippen LogP contribution in [0.5, 0.6) is 0 Å². The van der Waals surface area contributed by atoms with Crippen molar-refractivity contribution in [2.24, 2.45) is 5.92 Å². The number of benzene rings is 2. The van der Waals surface area contributed by atoms with Crippen molar-refractivity contribution in [2.75, 3.05) is 5.32 Å². The third-order valence-electron chi connectivity index (χ3n) is 4.64. The minimum atomic E-state index is -0.0504. The molecule has 138 valence electrons. The lowest BCUT2D eigenvalue weighted by Crippen LogP contribution is -2.15. The molecule has 1 aliphatic rings. The molecule has 1 aliphatic carbocycles. The number of nitrogens with zero attached hydrogens (tertiary/aromatic N) is 2. The average Bonchev–Trinajstić information content (AvgIpc) is 3.39. The summed E-state index contributed by atoms with van der Waals surface area (Å²) in [6, 6.07) is 15.5. The zero-order valence-corrected chi connectivity index (χ0v) is 16.5. The fourth-order valence-corrected chi connectivity index (χ4v) is 3.67. The van der Waals surface area contributed by atoms with E-state index in [0.717, 1.165) is 12.0 Å². The Labute approximate surface area is 172 Å². The molecular weight excluding hydrogens is 405 g/mol. The van der Waals surface area contributed by atoms with Gasteiger partial charge in [-0.25, -0.2) is 0 Å². The Balaban J connectivity index is 1.41. The summed E-state index contributed by atoms with van der Waals surface area (Å²) in [7, 11) is 0. The Morgan fingerprint density at radius 3 is 2.59 bits per heavy atom. The SMILES string of the molecule is O=C(Nc1nn(Cc2ccc(Cl)c(Cl)c2)cc1Cl)C1CC1c1ccccc1. The Hall–Kier alpha value is -2.01. The molecule has 27 heavy (non-hydrogen) atoms. The van der Waals surface area contributed by atoms with Gasteiger partial charge in [-0.15, -0.1) is 0 Å². The van der Waals surface area contributed by atoms with Gasteiger partial charge in [0.2, 0.25) is 5.91 Å². The maximum atomic E-state index is 12.5. The van der Waals surface area contributed by atoms with Gasteiger partial charge >= 0.3 is 0 Å². The largest absolute Gasteiger partial charge is 0.308 e. The standard InChI is InChI=1S/C20H16Cl3N3O/c21-16-7-6-12(8-17(16)22)10-26-11-18(23)19(25-26)24-20(27)15-9-14(15)13-4-2-1-3-5-13/h1-8,11,14-15H,9-10H2,(H,24,25,27). The molecule has 1 heterocycles. The summed E-state index contributed by atoms with van der Waals surface area (Å²) in [4.78, 5) is 12.5. The second-order valence-corrected chi connectivity index (χ2v) is 7.84. The van der Waals surface area contributed by atoms with Crippen molar-refractivity contribution < 1.29 is 4.79 Å². The zero-order valence-electron chi connectivity index (χ0n) is 14.2. The summed E-state index contributed by atoms with van der Waals surface area (Å²) in [5.41, 5.74) is 2.13. The van der Waals surface area contributed by atoms with Gasteiger partial charge < -0.3 is 5.32 Å². The van der Waals surface area contributed by atoms with Crippen molar-refractivity contribution in [1.82, 2.24) is 9.78 Å². The van der Waals surface area contributed by atoms with E-state index >= 15 is 0 Å². The van der Waals surface area contributed by atoms with Crippen molar-refractivity contribution in [3.8, 4) is 0 Å². The summed E-state index contributed by atoms with van der Waals surface area (Å²) in [6.45, 7) is 0.475. The molecule has 0 saturated heterocycles. The molecule has 0 spiro atoms. The van der Waals surface area contributed by atoms with Crippen LogP contribution in [-0.4, -0.2) is 15.7 Å². The molecule has 2 unspecified atom stereocenters. The van der Waals surface area contributed by atoms with Gasteiger partial charge in [0.15, 0.2) is 5.82 Å². The second kappa shape index (κ2) is 7.55. The second-order valence-electron chi connectivity index (χ2n) is 6.62. The third kappa shape index (κ3) is 4.13. The van der Waals surface area contributed by atoms with Crippen LogP contribution in [-0.2, 0) is 11.3 Å². The highest BCUT2D eigenvalue weighted by atomic mass is 35.5. The van der Waals surface area contributed by atoms with Crippen molar-refractivity contribution in [3.63, 3.8) is 0 Å². The summed E-state index contributed by atoms with van der Waals surface area (Å²) < 4.78 is 1.67. The molecule has 1 fully saturated rings. The van der Waals surface area contributed by atoms with Crippen molar-refractivity contribution in [1.29, 1.82) is 0 Å². The number of amides is 1. The van der Waals surface area contributed by atoms with Gasteiger partial charge in [0.25, 0.3) is 0 Å². The lowest BCUT2D eigenvalue weighted by Gasteiger charge is -2.04. The average molecular weight is 421 g/mol. The van der Waals surface area contributed by atoms with E-state index < -0.39 is 0 Å². The number of rotatable bonds is 5. The van der Waals surface area contributed by atoms with Crippen LogP contribution < -0.4 is 5.32 Å². The lowest BCUT2D eigenvalue weighted by molar-refractivity contribution is -0.117. The molecule has 7 heteroatoms. The predicted octanol–water partition coefficient (Wildman–Crippen LogP) is 5.63. The summed E-state index contributed by atoms with van der Waals surface area (Å²) in [5, 5.41) is 8.63. The van der Waals surface area contributed by atoms with Crippen LogP contribution in [0.25, 0.3) is 0 Å². The number of hydrogen-bond donors (Lipinski definition) is 1. The Morgan fingerprint density at radius 2 is 1.85 bits per heavy atom. The number of carbonyl (C=O) groups excluding carboxylic acids is 1. The van der Waals surface area contributed by atoms with E-state index in [9.17, 15) is 4.79 Å². The number of nitrogens with one attached hydrogen (secondary N) is 1. The maximum Gasteiger partial charge on any atom is 0.229 e. The van der Waals surface area contributed by atoms with E-state index in [4.69, 9.17) is 34.8 Å². The van der Waals surface area contributed by atoms with Crippen LogP contribution in [0.4, 0.5) is 5.82 Å². The summed E-state index contributed by atoms with van der Waals surface area (Å²) in [6.07, 6.45) is 2.53. The van der Waals surface area contributed by atoms with E-state index in [-0.39, 0.29) is 17.7 Å². The highest BCUT2D eigenvalue weighted by Gasteiger charge is 2.44. The summed E-state index contributed by atoms with van der Waals surface area (Å²) >= 11 is 18.2. The van der Waals surface area contributed by atoms with Gasteiger partial charge in [-0.1, -0.05) is 71.2 Å². The fourth-order valence-electron chi connectivity index (χ4n) is 3.15. The smallest absolute Gasteiger partial charge is 0.229 e. The van der Waals surface area contributed by atoms with E-state index in [1.54, 1.807) is 23.0 Å². The summed E-state index contributed by atoms with van der Waals surface area (Å²) in [5.74, 6) is 0.554. The van der Waals surface area contributed by atoms with E-state index in [1.807, 2.05) is 24.3 Å². The number of carbonyl (C=O) groups is 1. The molecule has 0 aliphatic heterocycles. The van der Waals surface area contributed by atoms with Gasteiger partial charge in [0.1, 0.15) is 5.02 Å². The van der Waals surface area contributed by atoms with E-state index in [2.05, 4.69) is 22.5 Å². The van der Waals surface area contributed by atoms with Gasteiger partial charge in [-0.05, 0) is 35.6 Å². The molecule has 2 aromatic carbocycles. The molecule has 4 nitrogen and oxygen atoms in total. The normalized spacial score (nSPS) is 18.3. The monoisotopic (exact) mass is 419 g/mol. The predicted molar refractivity (Wildman–Crippen MR) is 109 cm³/mol. The Kier molecular flexibility index (Phi) is 5.13. The van der Waals surface area contributed by atoms with Crippen LogP contribution in [0.2, 0.25) is 15.1 Å². The molecule has 3 aromatic rings. The highest BCUT2D eigenvalue weighted by molar-refractivity contribution is 6.42. The Morgan fingerprint density at radius 1 is 1.07 bits per heavy atom. The van der Waals surface area contributed by atoms with Gasteiger partial charge in [0, 0.05) is 12.1 Å². The van der Waals surface area contributed by atoms with Crippen LogP contribution in [0.3, 0.4) is 0 Å². The van der Waals surface area contributed by atoms with Gasteiger partial charge in [0.05, 0.1) is 16.6 Å².